The minimum absolute atomic E-state index is 0.0356. The van der Waals surface area contributed by atoms with E-state index in [2.05, 4.69) is 4.98 Å². The number of pyridine rings is 1. The number of nitrogens with zero attached hydrogens (tertiary/aromatic N) is 3. The zero-order valence-corrected chi connectivity index (χ0v) is 14.1. The molecule has 5 nitrogen and oxygen atoms in total. The van der Waals surface area contributed by atoms with Crippen LogP contribution in [-0.4, -0.2) is 28.8 Å². The number of fused-ring (bicyclic) bond motifs is 1. The van der Waals surface area contributed by atoms with E-state index in [4.69, 9.17) is 0 Å². The molecule has 128 valence electrons. The van der Waals surface area contributed by atoms with Crippen molar-refractivity contribution in [2.24, 2.45) is 0 Å². The van der Waals surface area contributed by atoms with Crippen LogP contribution in [0, 0.1) is 5.82 Å². The molecule has 0 spiro atoms. The standard InChI is InChI=1S/C18H16FN3O2S/c19-15-3-1-4-16(13-15)25(23,24)22-12-11-21-10-2-5-17(21)18(22)14-6-8-20-9-7-14/h1-10,13,18H,11-12H2. The van der Waals surface area contributed by atoms with Crippen molar-refractivity contribution in [1.82, 2.24) is 13.9 Å². The lowest BCUT2D eigenvalue weighted by Gasteiger charge is -2.36. The Kier molecular flexibility index (Phi) is 3.89. The van der Waals surface area contributed by atoms with Gasteiger partial charge in [0.15, 0.2) is 0 Å². The van der Waals surface area contributed by atoms with Gasteiger partial charge in [-0.25, -0.2) is 12.8 Å². The molecule has 3 heterocycles. The molecule has 2 aromatic heterocycles. The molecule has 0 fully saturated rings. The molecule has 25 heavy (non-hydrogen) atoms. The van der Waals surface area contributed by atoms with Crippen LogP contribution in [0.15, 0.2) is 72.0 Å². The summed E-state index contributed by atoms with van der Waals surface area (Å²) in [6.45, 7) is 0.867. The Morgan fingerprint density at radius 1 is 1.04 bits per heavy atom. The van der Waals surface area contributed by atoms with Crippen LogP contribution in [0.4, 0.5) is 4.39 Å². The molecule has 1 atom stereocenters. The summed E-state index contributed by atoms with van der Waals surface area (Å²) in [4.78, 5) is 3.98. The number of sulfonamides is 1. The van der Waals surface area contributed by atoms with Gasteiger partial charge in [0.25, 0.3) is 0 Å². The van der Waals surface area contributed by atoms with Crippen molar-refractivity contribution in [3.05, 3.63) is 84.2 Å². The minimum atomic E-state index is -3.84. The number of rotatable bonds is 3. The van der Waals surface area contributed by atoms with E-state index >= 15 is 0 Å². The van der Waals surface area contributed by atoms with Gasteiger partial charge in [-0.2, -0.15) is 4.31 Å². The maximum atomic E-state index is 13.6. The van der Waals surface area contributed by atoms with E-state index in [-0.39, 0.29) is 4.90 Å². The van der Waals surface area contributed by atoms with Gasteiger partial charge >= 0.3 is 0 Å². The van der Waals surface area contributed by atoms with Gasteiger partial charge in [0.1, 0.15) is 5.82 Å². The predicted molar refractivity (Wildman–Crippen MR) is 90.8 cm³/mol. The molecule has 0 aliphatic carbocycles. The summed E-state index contributed by atoms with van der Waals surface area (Å²) >= 11 is 0. The third-order valence-electron chi connectivity index (χ3n) is 4.42. The van der Waals surface area contributed by atoms with Gasteiger partial charge in [0.05, 0.1) is 10.9 Å². The second-order valence-electron chi connectivity index (χ2n) is 5.88. The maximum absolute atomic E-state index is 13.6. The lowest BCUT2D eigenvalue weighted by Crippen LogP contribution is -2.42. The van der Waals surface area contributed by atoms with Crippen LogP contribution in [0.2, 0.25) is 0 Å². The molecule has 0 bridgehead atoms. The molecule has 1 aliphatic rings. The van der Waals surface area contributed by atoms with E-state index in [1.807, 2.05) is 22.9 Å². The average Bonchev–Trinajstić information content (AvgIpc) is 3.10. The molecule has 7 heteroatoms. The summed E-state index contributed by atoms with van der Waals surface area (Å²) in [6.07, 6.45) is 5.23. The molecule has 0 saturated carbocycles. The number of benzene rings is 1. The van der Waals surface area contributed by atoms with E-state index in [9.17, 15) is 12.8 Å². The summed E-state index contributed by atoms with van der Waals surface area (Å²) < 4.78 is 43.4. The largest absolute Gasteiger partial charge is 0.348 e. The van der Waals surface area contributed by atoms with Crippen molar-refractivity contribution in [1.29, 1.82) is 0 Å². The lowest BCUT2D eigenvalue weighted by atomic mass is 10.0. The van der Waals surface area contributed by atoms with Gasteiger partial charge in [0.2, 0.25) is 10.0 Å². The second kappa shape index (κ2) is 6.09. The minimum Gasteiger partial charge on any atom is -0.348 e. The topological polar surface area (TPSA) is 55.2 Å². The maximum Gasteiger partial charge on any atom is 0.244 e. The van der Waals surface area contributed by atoms with E-state index < -0.39 is 21.9 Å². The fourth-order valence-corrected chi connectivity index (χ4v) is 4.88. The molecule has 4 rings (SSSR count). The fraction of sp³-hybridized carbons (Fsp3) is 0.167. The van der Waals surface area contributed by atoms with E-state index in [0.717, 1.165) is 17.3 Å². The fourth-order valence-electron chi connectivity index (χ4n) is 3.27. The van der Waals surface area contributed by atoms with Crippen LogP contribution < -0.4 is 0 Å². The second-order valence-corrected chi connectivity index (χ2v) is 7.77. The van der Waals surface area contributed by atoms with Crippen molar-refractivity contribution in [3.8, 4) is 0 Å². The van der Waals surface area contributed by atoms with Gasteiger partial charge in [-0.15, -0.1) is 0 Å². The first-order valence-corrected chi connectivity index (χ1v) is 9.34. The van der Waals surface area contributed by atoms with Gasteiger partial charge in [-0.1, -0.05) is 6.07 Å². The molecule has 0 N–H and O–H groups in total. The van der Waals surface area contributed by atoms with Crippen molar-refractivity contribution in [2.75, 3.05) is 6.54 Å². The van der Waals surface area contributed by atoms with Crippen LogP contribution >= 0.6 is 0 Å². The van der Waals surface area contributed by atoms with Crippen LogP contribution in [0.5, 0.6) is 0 Å². The highest BCUT2D eigenvalue weighted by Gasteiger charge is 2.37. The molecule has 3 aromatic rings. The van der Waals surface area contributed by atoms with Crippen LogP contribution in [0.1, 0.15) is 17.3 Å². The van der Waals surface area contributed by atoms with Crippen molar-refractivity contribution in [3.63, 3.8) is 0 Å². The van der Waals surface area contributed by atoms with E-state index in [0.29, 0.717) is 13.1 Å². The molecule has 1 aromatic carbocycles. The Balaban J connectivity index is 1.86. The first kappa shape index (κ1) is 16.0. The Morgan fingerprint density at radius 2 is 1.84 bits per heavy atom. The van der Waals surface area contributed by atoms with Gasteiger partial charge < -0.3 is 4.57 Å². The molecule has 0 saturated heterocycles. The zero-order valence-electron chi connectivity index (χ0n) is 13.3. The quantitative estimate of drug-likeness (QED) is 0.724. The summed E-state index contributed by atoms with van der Waals surface area (Å²) in [6, 6.07) is 12.1. The first-order valence-electron chi connectivity index (χ1n) is 7.90. The van der Waals surface area contributed by atoms with Crippen LogP contribution in [-0.2, 0) is 16.6 Å². The molecule has 0 amide bonds. The number of halogens is 1. The highest BCUT2D eigenvalue weighted by Crippen LogP contribution is 2.36. The SMILES string of the molecule is O=S(=O)(c1cccc(F)c1)N1CCn2cccc2C1c1ccncc1. The third kappa shape index (κ3) is 2.75. The predicted octanol–water partition coefficient (Wildman–Crippen LogP) is 2.82. The van der Waals surface area contributed by atoms with Crippen LogP contribution in [0.3, 0.4) is 0 Å². The monoisotopic (exact) mass is 357 g/mol. The average molecular weight is 357 g/mol. The Bertz CT molecular complexity index is 1000. The van der Waals surface area contributed by atoms with Crippen molar-refractivity contribution in [2.45, 2.75) is 17.5 Å². The van der Waals surface area contributed by atoms with Gasteiger partial charge in [0, 0.05) is 37.4 Å². The molecular formula is C18H16FN3O2S. The van der Waals surface area contributed by atoms with Crippen LogP contribution in [0.25, 0.3) is 0 Å². The van der Waals surface area contributed by atoms with Gasteiger partial charge in [-0.3, -0.25) is 4.98 Å². The summed E-state index contributed by atoms with van der Waals surface area (Å²) in [5, 5.41) is 0. The third-order valence-corrected chi connectivity index (χ3v) is 6.28. The summed E-state index contributed by atoms with van der Waals surface area (Å²) in [5.74, 6) is -0.568. The van der Waals surface area contributed by atoms with E-state index in [1.165, 1.54) is 22.5 Å². The summed E-state index contributed by atoms with van der Waals surface area (Å²) in [5.41, 5.74) is 1.71. The Hall–Kier alpha value is -2.51. The van der Waals surface area contributed by atoms with E-state index in [1.54, 1.807) is 24.5 Å². The molecule has 1 aliphatic heterocycles. The Labute approximate surface area is 145 Å². The number of hydrogen-bond donors (Lipinski definition) is 0. The molecular weight excluding hydrogens is 341 g/mol. The molecule has 0 radical (unpaired) electrons. The highest BCUT2D eigenvalue weighted by molar-refractivity contribution is 7.89. The van der Waals surface area contributed by atoms with Crippen molar-refractivity contribution >= 4 is 10.0 Å². The number of aromatic nitrogens is 2. The zero-order chi connectivity index (χ0) is 17.4. The summed E-state index contributed by atoms with van der Waals surface area (Å²) in [7, 11) is -3.84. The first-order chi connectivity index (χ1) is 12.1. The highest BCUT2D eigenvalue weighted by atomic mass is 32.2. The molecule has 1 unspecified atom stereocenters. The normalized spacial score (nSPS) is 18.0. The smallest absolute Gasteiger partial charge is 0.244 e. The Morgan fingerprint density at radius 3 is 2.60 bits per heavy atom. The van der Waals surface area contributed by atoms with Crippen molar-refractivity contribution < 1.29 is 12.8 Å². The van der Waals surface area contributed by atoms with Gasteiger partial charge in [-0.05, 0) is 48.0 Å². The number of hydrogen-bond acceptors (Lipinski definition) is 3. The lowest BCUT2D eigenvalue weighted by molar-refractivity contribution is 0.298.